The lowest BCUT2D eigenvalue weighted by Gasteiger charge is -2.20. The van der Waals surface area contributed by atoms with E-state index in [4.69, 9.17) is 0 Å². The smallest absolute Gasteiger partial charge is 0.247 e. The molecule has 32 heavy (non-hydrogen) atoms. The van der Waals surface area contributed by atoms with E-state index in [1.165, 1.54) is 0 Å². The number of carbonyl (C=O) groups excluding carboxylic acids is 2. The zero-order valence-corrected chi connectivity index (χ0v) is 19.3. The molecule has 0 saturated carbocycles. The molecule has 3 rings (SSSR count). The van der Waals surface area contributed by atoms with Crippen molar-refractivity contribution < 1.29 is 9.59 Å². The molecule has 1 aromatic heterocycles. The molecule has 0 spiro atoms. The number of nitrogens with one attached hydrogen (secondary N) is 2. The zero-order chi connectivity index (χ0) is 23.1. The summed E-state index contributed by atoms with van der Waals surface area (Å²) in [6, 6.07) is 18.8. The van der Waals surface area contributed by atoms with Crippen molar-refractivity contribution in [3.05, 3.63) is 88.7 Å². The maximum Gasteiger partial charge on any atom is 0.247 e. The summed E-state index contributed by atoms with van der Waals surface area (Å²) >= 11 is 0. The predicted molar refractivity (Wildman–Crippen MR) is 126 cm³/mol. The molecule has 0 bridgehead atoms. The average Bonchev–Trinajstić information content (AvgIpc) is 3.07. The van der Waals surface area contributed by atoms with Crippen molar-refractivity contribution in [3.8, 4) is 0 Å². The van der Waals surface area contributed by atoms with Crippen LogP contribution >= 0.6 is 0 Å². The molecule has 1 atom stereocenters. The van der Waals surface area contributed by atoms with Crippen molar-refractivity contribution >= 4 is 11.8 Å². The van der Waals surface area contributed by atoms with Gasteiger partial charge in [0.15, 0.2) is 0 Å². The van der Waals surface area contributed by atoms with E-state index in [-0.39, 0.29) is 17.7 Å². The summed E-state index contributed by atoms with van der Waals surface area (Å²) in [5.74, 6) is -0.132. The zero-order valence-electron chi connectivity index (χ0n) is 19.3. The predicted octanol–water partition coefficient (Wildman–Crippen LogP) is 4.07. The first kappa shape index (κ1) is 23.3. The molecule has 6 heteroatoms. The normalized spacial score (nSPS) is 11.9. The Bertz CT molecular complexity index is 1060. The van der Waals surface area contributed by atoms with Crippen LogP contribution in [0.5, 0.6) is 0 Å². The second kappa shape index (κ2) is 10.8. The highest BCUT2D eigenvalue weighted by Gasteiger charge is 2.22. The third-order valence-corrected chi connectivity index (χ3v) is 5.19. The van der Waals surface area contributed by atoms with Crippen molar-refractivity contribution in [1.82, 2.24) is 20.4 Å². The summed E-state index contributed by atoms with van der Waals surface area (Å²) in [5.41, 5.74) is 4.99. The van der Waals surface area contributed by atoms with E-state index in [1.54, 1.807) is 0 Å². The topological polar surface area (TPSA) is 76.0 Å². The molecule has 2 aromatic carbocycles. The number of amides is 2. The Balaban J connectivity index is 1.67. The quantitative estimate of drug-likeness (QED) is 0.535. The highest BCUT2D eigenvalue weighted by Crippen LogP contribution is 2.15. The third kappa shape index (κ3) is 6.54. The van der Waals surface area contributed by atoms with Gasteiger partial charge in [0.2, 0.25) is 11.8 Å². The van der Waals surface area contributed by atoms with Crippen LogP contribution in [-0.4, -0.2) is 21.6 Å². The van der Waals surface area contributed by atoms with Crippen molar-refractivity contribution in [1.29, 1.82) is 0 Å². The van der Waals surface area contributed by atoms with Gasteiger partial charge in [0, 0.05) is 18.7 Å². The second-order valence-corrected chi connectivity index (χ2v) is 8.63. The Morgan fingerprint density at radius 2 is 1.69 bits per heavy atom. The molecule has 0 aliphatic rings. The maximum atomic E-state index is 13.0. The van der Waals surface area contributed by atoms with Crippen LogP contribution < -0.4 is 10.6 Å². The number of carbonyl (C=O) groups is 2. The molecular weight excluding hydrogens is 400 g/mol. The Labute approximate surface area is 190 Å². The average molecular weight is 433 g/mol. The molecule has 0 radical (unpaired) electrons. The van der Waals surface area contributed by atoms with Crippen LogP contribution in [0.25, 0.3) is 0 Å². The van der Waals surface area contributed by atoms with Gasteiger partial charge in [-0.05, 0) is 42.5 Å². The largest absolute Gasteiger partial charge is 0.350 e. The highest BCUT2D eigenvalue weighted by molar-refractivity contribution is 5.88. The Morgan fingerprint density at radius 1 is 0.969 bits per heavy atom. The molecule has 0 fully saturated rings. The number of benzene rings is 2. The molecule has 2 N–H and O–H groups in total. The van der Waals surface area contributed by atoms with Crippen molar-refractivity contribution in [2.24, 2.45) is 5.92 Å². The Hall–Kier alpha value is -3.41. The summed E-state index contributed by atoms with van der Waals surface area (Å²) in [4.78, 5) is 25.4. The Kier molecular flexibility index (Phi) is 7.82. The Morgan fingerprint density at radius 3 is 2.34 bits per heavy atom. The molecule has 6 nitrogen and oxygen atoms in total. The molecule has 2 amide bonds. The van der Waals surface area contributed by atoms with Gasteiger partial charge in [0.1, 0.15) is 6.04 Å². The van der Waals surface area contributed by atoms with Crippen molar-refractivity contribution in [3.63, 3.8) is 0 Å². The first-order chi connectivity index (χ1) is 15.3. The first-order valence-corrected chi connectivity index (χ1v) is 11.0. The van der Waals surface area contributed by atoms with Crippen molar-refractivity contribution in [2.45, 2.75) is 53.2 Å². The van der Waals surface area contributed by atoms with Gasteiger partial charge in [-0.15, -0.1) is 0 Å². The fraction of sp³-hybridized carbons (Fsp3) is 0.346. The maximum absolute atomic E-state index is 13.0. The van der Waals surface area contributed by atoms with Gasteiger partial charge in [-0.1, -0.05) is 68.4 Å². The van der Waals surface area contributed by atoms with Gasteiger partial charge in [0.25, 0.3) is 0 Å². The first-order valence-electron chi connectivity index (χ1n) is 11.0. The van der Waals surface area contributed by atoms with Gasteiger partial charge in [-0.3, -0.25) is 14.3 Å². The second-order valence-electron chi connectivity index (χ2n) is 8.63. The minimum Gasteiger partial charge on any atom is -0.350 e. The van der Waals surface area contributed by atoms with Crippen LogP contribution in [0.15, 0.2) is 60.7 Å². The molecule has 0 saturated heterocycles. The van der Waals surface area contributed by atoms with Crippen molar-refractivity contribution in [2.75, 3.05) is 0 Å². The SMILES string of the molecule is Cc1cc(C)n(Cc2cccc(CNC(=O)C(NC(=O)CC(C)C)c3ccccc3)c2)n1. The van der Waals surface area contributed by atoms with Gasteiger partial charge in [-0.25, -0.2) is 0 Å². The van der Waals surface area contributed by atoms with Crippen LogP contribution in [0.3, 0.4) is 0 Å². The van der Waals surface area contributed by atoms with Crippen LogP contribution in [0.4, 0.5) is 0 Å². The molecule has 168 valence electrons. The van der Waals surface area contributed by atoms with E-state index >= 15 is 0 Å². The van der Waals surface area contributed by atoms with Gasteiger partial charge < -0.3 is 10.6 Å². The molecule has 1 heterocycles. The summed E-state index contributed by atoms with van der Waals surface area (Å²) < 4.78 is 1.97. The summed E-state index contributed by atoms with van der Waals surface area (Å²) in [6.45, 7) is 9.05. The van der Waals surface area contributed by atoms with Gasteiger partial charge in [0.05, 0.1) is 12.2 Å². The number of aryl methyl sites for hydroxylation is 2. The minimum absolute atomic E-state index is 0.129. The monoisotopic (exact) mass is 432 g/mol. The van der Waals surface area contributed by atoms with Crippen LogP contribution in [-0.2, 0) is 22.7 Å². The van der Waals surface area contributed by atoms with E-state index in [0.717, 1.165) is 28.1 Å². The molecule has 0 aliphatic heterocycles. The summed E-state index contributed by atoms with van der Waals surface area (Å²) in [7, 11) is 0. The number of hydrogen-bond donors (Lipinski definition) is 2. The van der Waals surface area contributed by atoms with Gasteiger partial charge >= 0.3 is 0 Å². The summed E-state index contributed by atoms with van der Waals surface area (Å²) in [6.07, 6.45) is 0.380. The molecule has 3 aromatic rings. The fourth-order valence-corrected chi connectivity index (χ4v) is 3.67. The van der Waals surface area contributed by atoms with E-state index in [9.17, 15) is 9.59 Å². The summed E-state index contributed by atoms with van der Waals surface area (Å²) in [5, 5.41) is 10.4. The van der Waals surface area contributed by atoms with E-state index in [0.29, 0.717) is 19.5 Å². The van der Waals surface area contributed by atoms with Crippen LogP contribution in [0.1, 0.15) is 54.4 Å². The third-order valence-electron chi connectivity index (χ3n) is 5.19. The lowest BCUT2D eigenvalue weighted by molar-refractivity contribution is -0.129. The highest BCUT2D eigenvalue weighted by atomic mass is 16.2. The fourth-order valence-electron chi connectivity index (χ4n) is 3.67. The van der Waals surface area contributed by atoms with Crippen LogP contribution in [0, 0.1) is 19.8 Å². The standard InChI is InChI=1S/C26H32N4O2/c1-18(2)13-24(31)28-25(23-11-6-5-7-12-23)26(32)27-16-21-9-8-10-22(15-21)17-30-20(4)14-19(3)29-30/h5-12,14-15,18,25H,13,16-17H2,1-4H3,(H,27,32)(H,28,31). The molecular formula is C26H32N4O2. The number of hydrogen-bond acceptors (Lipinski definition) is 3. The van der Waals surface area contributed by atoms with E-state index in [1.807, 2.05) is 74.8 Å². The molecule has 0 aliphatic carbocycles. The number of aromatic nitrogens is 2. The van der Waals surface area contributed by atoms with E-state index in [2.05, 4.69) is 33.9 Å². The van der Waals surface area contributed by atoms with Gasteiger partial charge in [-0.2, -0.15) is 5.10 Å². The lowest BCUT2D eigenvalue weighted by Crippen LogP contribution is -2.40. The number of rotatable bonds is 9. The van der Waals surface area contributed by atoms with Crippen LogP contribution in [0.2, 0.25) is 0 Å². The van der Waals surface area contributed by atoms with E-state index < -0.39 is 6.04 Å². The number of nitrogens with zero attached hydrogens (tertiary/aromatic N) is 2. The molecule has 1 unspecified atom stereocenters. The lowest BCUT2D eigenvalue weighted by atomic mass is 10.0. The minimum atomic E-state index is -0.722.